The van der Waals surface area contributed by atoms with Gasteiger partial charge >= 0.3 is 6.18 Å². The molecule has 0 aliphatic carbocycles. The van der Waals surface area contributed by atoms with Crippen LogP contribution in [0, 0.1) is 0 Å². The van der Waals surface area contributed by atoms with Gasteiger partial charge < -0.3 is 20.3 Å². The smallest absolute Gasteiger partial charge is 0.378 e. The molecule has 0 atom stereocenters. The summed E-state index contributed by atoms with van der Waals surface area (Å²) in [5, 5.41) is 6.19. The number of ether oxygens (including phenoxy) is 1. The number of morpholine rings is 1. The molecule has 0 radical (unpaired) electrons. The van der Waals surface area contributed by atoms with Crippen LogP contribution >= 0.6 is 35.7 Å². The number of hydrogen-bond donors (Lipinski definition) is 2. The molecule has 0 bridgehead atoms. The van der Waals surface area contributed by atoms with Crippen LogP contribution < -0.4 is 15.5 Å². The van der Waals surface area contributed by atoms with Gasteiger partial charge in [-0.2, -0.15) is 24.9 Å². The van der Waals surface area contributed by atoms with Gasteiger partial charge in [-0.15, -0.1) is 24.0 Å². The summed E-state index contributed by atoms with van der Waals surface area (Å²) in [6.07, 6.45) is -2.42. The minimum absolute atomic E-state index is 0. The quantitative estimate of drug-likeness (QED) is 0.244. The Hall–Kier alpha value is -0.880. The van der Waals surface area contributed by atoms with Crippen LogP contribution in [0.15, 0.2) is 23.2 Å². The van der Waals surface area contributed by atoms with Gasteiger partial charge in [0.2, 0.25) is 0 Å². The van der Waals surface area contributed by atoms with Crippen molar-refractivity contribution in [3.8, 4) is 0 Å². The van der Waals surface area contributed by atoms with Crippen LogP contribution in [0.25, 0.3) is 0 Å². The number of aliphatic imine (C=N–C) groups is 1. The molecule has 1 aromatic rings. The molecular weight excluding hydrogens is 504 g/mol. The lowest BCUT2D eigenvalue weighted by atomic mass is 10.1. The van der Waals surface area contributed by atoms with E-state index in [1.807, 2.05) is 18.1 Å². The lowest BCUT2D eigenvalue weighted by molar-refractivity contribution is -0.138. The highest BCUT2D eigenvalue weighted by molar-refractivity contribution is 14.0. The first-order valence-electron chi connectivity index (χ1n) is 8.99. The molecule has 0 spiro atoms. The summed E-state index contributed by atoms with van der Waals surface area (Å²) < 4.78 is 46.0. The Labute approximate surface area is 185 Å². The van der Waals surface area contributed by atoms with Crippen LogP contribution in [-0.2, 0) is 17.5 Å². The van der Waals surface area contributed by atoms with Gasteiger partial charge in [0, 0.05) is 37.6 Å². The summed E-state index contributed by atoms with van der Waals surface area (Å²) in [5.41, 5.74) is 0.111. The van der Waals surface area contributed by atoms with Gasteiger partial charge in [-0.25, -0.2) is 4.99 Å². The van der Waals surface area contributed by atoms with Crippen molar-refractivity contribution in [2.75, 3.05) is 56.3 Å². The van der Waals surface area contributed by atoms with Crippen molar-refractivity contribution in [3.63, 3.8) is 0 Å². The first kappa shape index (κ1) is 25.2. The van der Waals surface area contributed by atoms with E-state index in [9.17, 15) is 13.2 Å². The molecule has 28 heavy (non-hydrogen) atoms. The Morgan fingerprint density at radius 1 is 1.25 bits per heavy atom. The Morgan fingerprint density at radius 3 is 2.57 bits per heavy atom. The average Bonchev–Trinajstić information content (AvgIpc) is 2.66. The molecule has 0 aromatic heterocycles. The van der Waals surface area contributed by atoms with Crippen molar-refractivity contribution in [2.24, 2.45) is 4.99 Å². The molecule has 2 N–H and O–H groups in total. The molecular formula is C18H28F3IN4OS. The van der Waals surface area contributed by atoms with Crippen LogP contribution in [-0.4, -0.2) is 57.4 Å². The van der Waals surface area contributed by atoms with Gasteiger partial charge in [0.1, 0.15) is 0 Å². The van der Waals surface area contributed by atoms with Crippen LogP contribution in [0.3, 0.4) is 0 Å². The first-order valence-corrected chi connectivity index (χ1v) is 10.4. The second-order valence-corrected chi connectivity index (χ2v) is 7.04. The zero-order chi connectivity index (χ0) is 19.7. The lowest BCUT2D eigenvalue weighted by Gasteiger charge is -2.29. The van der Waals surface area contributed by atoms with Gasteiger partial charge in [-0.05, 0) is 30.9 Å². The van der Waals surface area contributed by atoms with E-state index in [-0.39, 0.29) is 36.1 Å². The van der Waals surface area contributed by atoms with Crippen molar-refractivity contribution in [1.29, 1.82) is 0 Å². The summed E-state index contributed by atoms with van der Waals surface area (Å²) in [6, 6.07) is 4.49. The Bertz CT molecular complexity index is 625. The highest BCUT2D eigenvalue weighted by atomic mass is 127. The van der Waals surface area contributed by atoms with Crippen LogP contribution in [0.5, 0.6) is 0 Å². The van der Waals surface area contributed by atoms with Gasteiger partial charge in [-0.3, -0.25) is 0 Å². The van der Waals surface area contributed by atoms with Crippen molar-refractivity contribution in [2.45, 2.75) is 19.6 Å². The zero-order valence-electron chi connectivity index (χ0n) is 16.1. The fourth-order valence-corrected chi connectivity index (χ4v) is 3.07. The molecule has 1 saturated heterocycles. The maximum atomic E-state index is 13.6. The number of nitrogens with one attached hydrogen (secondary N) is 2. The summed E-state index contributed by atoms with van der Waals surface area (Å²) >= 11 is 1.69. The molecule has 0 amide bonds. The van der Waals surface area contributed by atoms with Gasteiger partial charge in [0.25, 0.3) is 0 Å². The molecule has 1 aromatic carbocycles. The topological polar surface area (TPSA) is 48.9 Å². The number of anilines is 1. The monoisotopic (exact) mass is 532 g/mol. The van der Waals surface area contributed by atoms with Crippen molar-refractivity contribution in [3.05, 3.63) is 29.3 Å². The lowest BCUT2D eigenvalue weighted by Crippen LogP contribution is -2.38. The van der Waals surface area contributed by atoms with E-state index in [2.05, 4.69) is 15.6 Å². The average molecular weight is 532 g/mol. The number of alkyl halides is 3. The molecule has 0 saturated carbocycles. The highest BCUT2D eigenvalue weighted by Crippen LogP contribution is 2.35. The third kappa shape index (κ3) is 7.86. The fraction of sp³-hybridized carbons (Fsp3) is 0.611. The maximum Gasteiger partial charge on any atom is 0.416 e. The maximum absolute atomic E-state index is 13.6. The highest BCUT2D eigenvalue weighted by Gasteiger charge is 2.34. The van der Waals surface area contributed by atoms with E-state index in [4.69, 9.17) is 4.74 Å². The van der Waals surface area contributed by atoms with Crippen molar-refractivity contribution >= 4 is 47.4 Å². The number of rotatable bonds is 7. The minimum Gasteiger partial charge on any atom is -0.378 e. The van der Waals surface area contributed by atoms with E-state index in [0.717, 1.165) is 5.75 Å². The van der Waals surface area contributed by atoms with E-state index < -0.39 is 11.7 Å². The molecule has 10 heteroatoms. The van der Waals surface area contributed by atoms with E-state index in [1.165, 1.54) is 12.1 Å². The molecule has 1 aliphatic rings. The number of guanidine groups is 1. The van der Waals surface area contributed by atoms with Crippen LogP contribution in [0.2, 0.25) is 0 Å². The Balaban J connectivity index is 0.00000392. The SMILES string of the molecule is CCNC(=NCc1ccc(N2CCOCC2)cc1C(F)(F)F)NCCSC.I. The second-order valence-electron chi connectivity index (χ2n) is 6.05. The normalized spacial score (nSPS) is 15.2. The predicted molar refractivity (Wildman–Crippen MR) is 121 cm³/mol. The van der Waals surface area contributed by atoms with Crippen molar-refractivity contribution in [1.82, 2.24) is 10.6 Å². The first-order chi connectivity index (χ1) is 13.0. The van der Waals surface area contributed by atoms with Gasteiger partial charge in [0.05, 0.1) is 25.3 Å². The standard InChI is InChI=1S/C18H27F3N4OS.HI/c1-3-22-17(23-6-11-27-2)24-13-14-4-5-15(12-16(14)18(19,20)21)25-7-9-26-10-8-25;/h4-5,12H,3,6-11,13H2,1-2H3,(H2,22,23,24);1H. The van der Waals surface area contributed by atoms with Gasteiger partial charge in [-0.1, -0.05) is 6.07 Å². The van der Waals surface area contributed by atoms with Gasteiger partial charge in [0.15, 0.2) is 5.96 Å². The summed E-state index contributed by atoms with van der Waals surface area (Å²) in [4.78, 5) is 6.24. The summed E-state index contributed by atoms with van der Waals surface area (Å²) in [7, 11) is 0. The van der Waals surface area contributed by atoms with E-state index in [1.54, 1.807) is 17.8 Å². The minimum atomic E-state index is -4.42. The second kappa shape index (κ2) is 12.6. The third-order valence-corrected chi connectivity index (χ3v) is 4.74. The number of nitrogens with zero attached hydrogens (tertiary/aromatic N) is 2. The molecule has 1 aliphatic heterocycles. The Kier molecular flexibility index (Phi) is 11.4. The third-order valence-electron chi connectivity index (χ3n) is 4.13. The molecule has 1 heterocycles. The molecule has 1 fully saturated rings. The largest absolute Gasteiger partial charge is 0.416 e. The number of thioether (sulfide) groups is 1. The molecule has 0 unspecified atom stereocenters. The molecule has 2 rings (SSSR count). The van der Waals surface area contributed by atoms with Crippen LogP contribution in [0.1, 0.15) is 18.1 Å². The number of benzene rings is 1. The van der Waals surface area contributed by atoms with E-state index in [0.29, 0.717) is 51.0 Å². The van der Waals surface area contributed by atoms with Crippen molar-refractivity contribution < 1.29 is 17.9 Å². The predicted octanol–water partition coefficient (Wildman–Crippen LogP) is 3.58. The number of hydrogen-bond acceptors (Lipinski definition) is 4. The Morgan fingerprint density at radius 2 is 1.96 bits per heavy atom. The number of halogens is 4. The summed E-state index contributed by atoms with van der Waals surface area (Å²) in [6.45, 7) is 5.49. The zero-order valence-corrected chi connectivity index (χ0v) is 19.3. The van der Waals surface area contributed by atoms with E-state index >= 15 is 0 Å². The van der Waals surface area contributed by atoms with Crippen LogP contribution in [0.4, 0.5) is 18.9 Å². The fourth-order valence-electron chi connectivity index (χ4n) is 2.76. The summed E-state index contributed by atoms with van der Waals surface area (Å²) in [5.74, 6) is 1.42. The molecule has 160 valence electrons. The molecule has 5 nitrogen and oxygen atoms in total.